The Kier molecular flexibility index (Phi) is 3.33. The van der Waals surface area contributed by atoms with Gasteiger partial charge in [-0.15, -0.1) is 5.10 Å². The largest absolute Gasteiger partial charge is 0.408 e. The molecule has 0 saturated carbocycles. The summed E-state index contributed by atoms with van der Waals surface area (Å²) < 4.78 is 7.12. The van der Waals surface area contributed by atoms with E-state index in [2.05, 4.69) is 20.6 Å². The Morgan fingerprint density at radius 3 is 2.76 bits per heavy atom. The zero-order valence-electron chi connectivity index (χ0n) is 9.94. The highest BCUT2D eigenvalue weighted by molar-refractivity contribution is 6.31. The second-order valence-corrected chi connectivity index (χ2v) is 4.42. The van der Waals surface area contributed by atoms with Gasteiger partial charge in [0.05, 0.1) is 23.5 Å². The van der Waals surface area contributed by atoms with Gasteiger partial charge in [-0.1, -0.05) is 30.5 Å². The first-order valence-electron chi connectivity index (χ1n) is 5.31. The predicted octanol–water partition coefficient (Wildman–Crippen LogP) is 2.19. The van der Waals surface area contributed by atoms with Gasteiger partial charge in [-0.3, -0.25) is 4.68 Å². The maximum absolute atomic E-state index is 5.98. The van der Waals surface area contributed by atoms with Crippen molar-refractivity contribution in [2.45, 2.75) is 26.3 Å². The molecular formula is C10H14ClN5O. The molecule has 17 heavy (non-hydrogen) atoms. The SMILES string of the molecule is CC(C)c1nnc(NCc2c(Cl)cnn2C)o1. The van der Waals surface area contributed by atoms with E-state index < -0.39 is 0 Å². The van der Waals surface area contributed by atoms with Crippen LogP contribution >= 0.6 is 11.6 Å². The summed E-state index contributed by atoms with van der Waals surface area (Å²) >= 11 is 5.98. The molecule has 2 aromatic heterocycles. The molecule has 0 spiro atoms. The number of halogens is 1. The van der Waals surface area contributed by atoms with Crippen LogP contribution in [-0.2, 0) is 13.6 Å². The lowest BCUT2D eigenvalue weighted by atomic mass is 10.2. The Hall–Kier alpha value is -1.56. The van der Waals surface area contributed by atoms with Crippen molar-refractivity contribution in [3.05, 3.63) is 22.8 Å². The van der Waals surface area contributed by atoms with Gasteiger partial charge in [0.25, 0.3) is 0 Å². The van der Waals surface area contributed by atoms with Crippen molar-refractivity contribution in [2.24, 2.45) is 7.05 Å². The molecule has 7 heteroatoms. The lowest BCUT2D eigenvalue weighted by Gasteiger charge is -2.02. The molecule has 0 bridgehead atoms. The third-order valence-corrected chi connectivity index (χ3v) is 2.67. The molecule has 0 aliphatic carbocycles. The van der Waals surface area contributed by atoms with E-state index in [0.29, 0.717) is 23.5 Å². The van der Waals surface area contributed by atoms with E-state index in [4.69, 9.17) is 16.0 Å². The van der Waals surface area contributed by atoms with Crippen molar-refractivity contribution in [2.75, 3.05) is 5.32 Å². The molecule has 0 radical (unpaired) electrons. The predicted molar refractivity (Wildman–Crippen MR) is 63.9 cm³/mol. The van der Waals surface area contributed by atoms with Crippen LogP contribution in [0.2, 0.25) is 5.02 Å². The Labute approximate surface area is 104 Å². The first-order chi connectivity index (χ1) is 8.08. The molecule has 0 amide bonds. The Morgan fingerprint density at radius 1 is 1.47 bits per heavy atom. The molecule has 0 aromatic carbocycles. The quantitative estimate of drug-likeness (QED) is 0.907. The van der Waals surface area contributed by atoms with Crippen LogP contribution in [0.5, 0.6) is 0 Å². The van der Waals surface area contributed by atoms with Gasteiger partial charge in [0.1, 0.15) is 0 Å². The fraction of sp³-hybridized carbons (Fsp3) is 0.500. The van der Waals surface area contributed by atoms with E-state index in [9.17, 15) is 0 Å². The highest BCUT2D eigenvalue weighted by Gasteiger charge is 2.11. The van der Waals surface area contributed by atoms with Crippen molar-refractivity contribution >= 4 is 17.6 Å². The minimum absolute atomic E-state index is 0.221. The topological polar surface area (TPSA) is 68.8 Å². The molecule has 92 valence electrons. The molecule has 2 heterocycles. The smallest absolute Gasteiger partial charge is 0.315 e. The summed E-state index contributed by atoms with van der Waals surface area (Å²) in [5.41, 5.74) is 0.871. The molecule has 2 rings (SSSR count). The maximum atomic E-state index is 5.98. The van der Waals surface area contributed by atoms with E-state index in [-0.39, 0.29) is 5.92 Å². The van der Waals surface area contributed by atoms with Gasteiger partial charge in [0, 0.05) is 13.0 Å². The molecule has 0 aliphatic heterocycles. The normalized spacial score (nSPS) is 11.1. The first-order valence-corrected chi connectivity index (χ1v) is 5.69. The second-order valence-electron chi connectivity index (χ2n) is 4.02. The van der Waals surface area contributed by atoms with Crippen LogP contribution in [0.3, 0.4) is 0 Å². The molecule has 1 N–H and O–H groups in total. The van der Waals surface area contributed by atoms with Gasteiger partial charge in [-0.2, -0.15) is 5.10 Å². The molecule has 6 nitrogen and oxygen atoms in total. The van der Waals surface area contributed by atoms with E-state index in [0.717, 1.165) is 5.69 Å². The Morgan fingerprint density at radius 2 is 2.24 bits per heavy atom. The summed E-state index contributed by atoms with van der Waals surface area (Å²) in [5, 5.41) is 15.5. The summed E-state index contributed by atoms with van der Waals surface area (Å²) in [6.45, 7) is 4.49. The van der Waals surface area contributed by atoms with E-state index in [1.165, 1.54) is 0 Å². The van der Waals surface area contributed by atoms with Crippen LogP contribution < -0.4 is 5.32 Å². The summed E-state index contributed by atoms with van der Waals surface area (Å²) in [7, 11) is 1.83. The van der Waals surface area contributed by atoms with Gasteiger partial charge in [-0.05, 0) is 0 Å². The van der Waals surface area contributed by atoms with Crippen LogP contribution in [0.1, 0.15) is 31.4 Å². The van der Waals surface area contributed by atoms with Crippen molar-refractivity contribution in [1.82, 2.24) is 20.0 Å². The zero-order valence-corrected chi connectivity index (χ0v) is 10.7. The molecule has 0 saturated heterocycles. The number of hydrogen-bond acceptors (Lipinski definition) is 5. The van der Waals surface area contributed by atoms with E-state index in [1.54, 1.807) is 10.9 Å². The fourth-order valence-corrected chi connectivity index (χ4v) is 1.57. The van der Waals surface area contributed by atoms with Crippen LogP contribution in [0.25, 0.3) is 0 Å². The minimum atomic E-state index is 0.221. The van der Waals surface area contributed by atoms with Crippen LogP contribution in [0, 0.1) is 0 Å². The summed E-state index contributed by atoms with van der Waals surface area (Å²) in [5.74, 6) is 0.835. The van der Waals surface area contributed by atoms with Gasteiger partial charge in [-0.25, -0.2) is 0 Å². The average Bonchev–Trinajstić information content (AvgIpc) is 2.85. The van der Waals surface area contributed by atoms with Crippen molar-refractivity contribution < 1.29 is 4.42 Å². The zero-order chi connectivity index (χ0) is 12.4. The number of nitrogens with zero attached hydrogens (tertiary/aromatic N) is 4. The number of aromatic nitrogens is 4. The maximum Gasteiger partial charge on any atom is 0.315 e. The van der Waals surface area contributed by atoms with Gasteiger partial charge in [0.2, 0.25) is 5.89 Å². The van der Waals surface area contributed by atoms with Crippen LogP contribution in [0.15, 0.2) is 10.6 Å². The minimum Gasteiger partial charge on any atom is -0.408 e. The standard InChI is InChI=1S/C10H14ClN5O/c1-6(2)9-14-15-10(17-9)12-5-8-7(11)4-13-16(8)3/h4,6H,5H2,1-3H3,(H,12,15). The number of hydrogen-bond donors (Lipinski definition) is 1. The third-order valence-electron chi connectivity index (χ3n) is 2.35. The van der Waals surface area contributed by atoms with Gasteiger partial charge < -0.3 is 9.73 Å². The number of aryl methyl sites for hydroxylation is 1. The van der Waals surface area contributed by atoms with E-state index >= 15 is 0 Å². The molecule has 0 atom stereocenters. The second kappa shape index (κ2) is 4.75. The van der Waals surface area contributed by atoms with Crippen molar-refractivity contribution in [3.8, 4) is 0 Å². The molecule has 0 fully saturated rings. The van der Waals surface area contributed by atoms with Crippen LogP contribution in [-0.4, -0.2) is 20.0 Å². The molecule has 0 aliphatic rings. The summed E-state index contributed by atoms with van der Waals surface area (Å²) in [6.07, 6.45) is 1.60. The molecular weight excluding hydrogens is 242 g/mol. The third kappa shape index (κ3) is 2.58. The summed E-state index contributed by atoms with van der Waals surface area (Å²) in [4.78, 5) is 0. The van der Waals surface area contributed by atoms with Crippen molar-refractivity contribution in [1.29, 1.82) is 0 Å². The number of nitrogens with one attached hydrogen (secondary N) is 1. The van der Waals surface area contributed by atoms with E-state index in [1.807, 2.05) is 20.9 Å². The molecule has 2 aromatic rings. The Bertz CT molecular complexity index is 485. The van der Waals surface area contributed by atoms with Gasteiger partial charge >= 0.3 is 6.01 Å². The van der Waals surface area contributed by atoms with Crippen molar-refractivity contribution in [3.63, 3.8) is 0 Å². The van der Waals surface area contributed by atoms with Gasteiger partial charge in [0.15, 0.2) is 0 Å². The Balaban J connectivity index is 2.02. The number of anilines is 1. The average molecular weight is 256 g/mol. The molecule has 0 unspecified atom stereocenters. The van der Waals surface area contributed by atoms with Crippen LogP contribution in [0.4, 0.5) is 6.01 Å². The highest BCUT2D eigenvalue weighted by atomic mass is 35.5. The monoisotopic (exact) mass is 255 g/mol. The fourth-order valence-electron chi connectivity index (χ4n) is 1.33. The first kappa shape index (κ1) is 11.9. The lowest BCUT2D eigenvalue weighted by molar-refractivity contribution is 0.479. The highest BCUT2D eigenvalue weighted by Crippen LogP contribution is 2.18. The lowest BCUT2D eigenvalue weighted by Crippen LogP contribution is -2.06. The number of rotatable bonds is 4. The summed E-state index contributed by atoms with van der Waals surface area (Å²) in [6, 6.07) is 0.394.